The van der Waals surface area contributed by atoms with Gasteiger partial charge in [-0.05, 0) is 31.6 Å². The molecule has 0 aromatic carbocycles. The molecular weight excluding hydrogens is 313 g/mol. The van der Waals surface area contributed by atoms with E-state index in [1.807, 2.05) is 5.32 Å². The van der Waals surface area contributed by atoms with Crippen molar-refractivity contribution in [2.75, 3.05) is 0 Å². The molecule has 9 heteroatoms. The van der Waals surface area contributed by atoms with Gasteiger partial charge in [0.25, 0.3) is 0 Å². The van der Waals surface area contributed by atoms with Gasteiger partial charge in [0.1, 0.15) is 6.04 Å². The molecule has 1 saturated carbocycles. The lowest BCUT2D eigenvalue weighted by molar-refractivity contribution is -0.184. The molecule has 1 amide bonds. The van der Waals surface area contributed by atoms with Gasteiger partial charge in [-0.2, -0.15) is 13.2 Å². The maximum atomic E-state index is 12.5. The number of nitrogens with one attached hydrogen (secondary N) is 1. The Bertz CT molecular complexity index is 392. The third-order valence-corrected chi connectivity index (χ3v) is 3.83. The molecule has 2 N–H and O–H groups in total. The fourth-order valence-corrected chi connectivity index (χ4v) is 2.61. The second-order valence-electron chi connectivity index (χ2n) is 5.55. The molecule has 1 fully saturated rings. The Morgan fingerprint density at radius 2 is 1.68 bits per heavy atom. The molecule has 0 aromatic heterocycles. The second-order valence-corrected chi connectivity index (χ2v) is 5.55. The summed E-state index contributed by atoms with van der Waals surface area (Å²) in [6, 6.07) is -1.68. The standard InChI is InChI=1S/C13H18F5NO3/c14-10(15)6-9(12(21)22)19-11(20)5-7-1-3-8(4-2-7)13(16,17)18/h7-10H,1-6H2,(H,19,20)(H,21,22). The van der Waals surface area contributed by atoms with Gasteiger partial charge in [0, 0.05) is 12.8 Å². The minimum absolute atomic E-state index is 0.0686. The van der Waals surface area contributed by atoms with Crippen molar-refractivity contribution in [2.45, 2.75) is 57.2 Å². The van der Waals surface area contributed by atoms with Crippen LogP contribution in [0.1, 0.15) is 38.5 Å². The lowest BCUT2D eigenvalue weighted by atomic mass is 9.80. The third-order valence-electron chi connectivity index (χ3n) is 3.83. The normalized spacial score (nSPS) is 24.1. The SMILES string of the molecule is O=C(CC1CCC(C(F)(F)F)CC1)NC(CC(F)F)C(=O)O. The minimum atomic E-state index is -4.24. The molecule has 1 aliphatic carbocycles. The van der Waals surface area contributed by atoms with Crippen LogP contribution in [0.15, 0.2) is 0 Å². The van der Waals surface area contributed by atoms with Crippen LogP contribution in [0, 0.1) is 11.8 Å². The molecular formula is C13H18F5NO3. The summed E-state index contributed by atoms with van der Waals surface area (Å²) in [5, 5.41) is 10.7. The minimum Gasteiger partial charge on any atom is -0.480 e. The highest BCUT2D eigenvalue weighted by Gasteiger charge is 2.41. The molecule has 0 saturated heterocycles. The molecule has 0 radical (unpaired) electrons. The summed E-state index contributed by atoms with van der Waals surface area (Å²) in [5.41, 5.74) is 0. The van der Waals surface area contributed by atoms with E-state index in [0.29, 0.717) is 0 Å². The number of hydrogen-bond donors (Lipinski definition) is 2. The first-order valence-electron chi connectivity index (χ1n) is 6.96. The van der Waals surface area contributed by atoms with Gasteiger partial charge >= 0.3 is 12.1 Å². The number of carbonyl (C=O) groups is 2. The number of alkyl halides is 5. The average molecular weight is 331 g/mol. The smallest absolute Gasteiger partial charge is 0.391 e. The molecule has 1 atom stereocenters. The zero-order valence-corrected chi connectivity index (χ0v) is 11.7. The van der Waals surface area contributed by atoms with Crippen molar-refractivity contribution in [3.05, 3.63) is 0 Å². The molecule has 0 heterocycles. The van der Waals surface area contributed by atoms with Crippen LogP contribution in [0.3, 0.4) is 0 Å². The van der Waals surface area contributed by atoms with E-state index in [1.54, 1.807) is 0 Å². The van der Waals surface area contributed by atoms with E-state index in [2.05, 4.69) is 0 Å². The summed E-state index contributed by atoms with van der Waals surface area (Å²) in [6.45, 7) is 0. The number of halogens is 5. The van der Waals surface area contributed by atoms with E-state index in [0.717, 1.165) is 0 Å². The highest BCUT2D eigenvalue weighted by molar-refractivity contribution is 5.83. The highest BCUT2D eigenvalue weighted by Crippen LogP contribution is 2.40. The molecule has 1 unspecified atom stereocenters. The predicted molar refractivity (Wildman–Crippen MR) is 66.3 cm³/mol. The number of aliphatic carboxylic acids is 1. The van der Waals surface area contributed by atoms with Crippen LogP contribution in [0.25, 0.3) is 0 Å². The largest absolute Gasteiger partial charge is 0.480 e. The van der Waals surface area contributed by atoms with E-state index in [4.69, 9.17) is 5.11 Å². The van der Waals surface area contributed by atoms with Gasteiger partial charge < -0.3 is 10.4 Å². The first kappa shape index (κ1) is 18.6. The molecule has 0 aliphatic heterocycles. The van der Waals surface area contributed by atoms with Crippen LogP contribution in [-0.2, 0) is 9.59 Å². The van der Waals surface area contributed by atoms with Crippen LogP contribution >= 0.6 is 0 Å². The Balaban J connectivity index is 2.41. The maximum absolute atomic E-state index is 12.5. The quantitative estimate of drug-likeness (QED) is 0.736. The van der Waals surface area contributed by atoms with E-state index in [9.17, 15) is 31.5 Å². The Kier molecular flexibility index (Phi) is 6.55. The van der Waals surface area contributed by atoms with Crippen LogP contribution in [-0.4, -0.2) is 35.6 Å². The van der Waals surface area contributed by atoms with Crippen molar-refractivity contribution in [2.24, 2.45) is 11.8 Å². The van der Waals surface area contributed by atoms with Crippen molar-refractivity contribution in [1.82, 2.24) is 5.32 Å². The zero-order chi connectivity index (χ0) is 16.9. The van der Waals surface area contributed by atoms with Gasteiger partial charge in [-0.1, -0.05) is 0 Å². The van der Waals surface area contributed by atoms with Crippen LogP contribution < -0.4 is 5.32 Å². The molecule has 0 spiro atoms. The number of amides is 1. The lowest BCUT2D eigenvalue weighted by Crippen LogP contribution is -2.42. The van der Waals surface area contributed by atoms with Gasteiger partial charge in [-0.25, -0.2) is 13.6 Å². The molecule has 1 rings (SSSR count). The summed E-state index contributed by atoms with van der Waals surface area (Å²) in [7, 11) is 0. The zero-order valence-electron chi connectivity index (χ0n) is 11.7. The van der Waals surface area contributed by atoms with Crippen molar-refractivity contribution < 1.29 is 36.6 Å². The van der Waals surface area contributed by atoms with E-state index < -0.39 is 42.9 Å². The molecule has 0 aromatic rings. The molecule has 0 bridgehead atoms. The van der Waals surface area contributed by atoms with Crippen LogP contribution in [0.4, 0.5) is 22.0 Å². The van der Waals surface area contributed by atoms with Gasteiger partial charge in [-0.15, -0.1) is 0 Å². The van der Waals surface area contributed by atoms with E-state index >= 15 is 0 Å². The number of hydrogen-bond acceptors (Lipinski definition) is 2. The first-order valence-corrected chi connectivity index (χ1v) is 6.96. The van der Waals surface area contributed by atoms with Gasteiger partial charge in [0.05, 0.1) is 5.92 Å². The number of carboxylic acid groups (broad SMARTS) is 1. The van der Waals surface area contributed by atoms with Crippen molar-refractivity contribution >= 4 is 11.9 Å². The van der Waals surface area contributed by atoms with E-state index in [-0.39, 0.29) is 38.0 Å². The molecule has 4 nitrogen and oxygen atoms in total. The Morgan fingerprint density at radius 3 is 2.09 bits per heavy atom. The van der Waals surface area contributed by atoms with Gasteiger partial charge in [0.15, 0.2) is 0 Å². The Morgan fingerprint density at radius 1 is 1.14 bits per heavy atom. The number of rotatable bonds is 6. The van der Waals surface area contributed by atoms with Crippen molar-refractivity contribution in [1.29, 1.82) is 0 Å². The number of carboxylic acids is 1. The first-order chi connectivity index (χ1) is 10.1. The topological polar surface area (TPSA) is 66.4 Å². The summed E-state index contributed by atoms with van der Waals surface area (Å²) in [6.07, 6.45) is -7.96. The maximum Gasteiger partial charge on any atom is 0.391 e. The summed E-state index contributed by atoms with van der Waals surface area (Å²) >= 11 is 0. The third kappa shape index (κ3) is 6.15. The fourth-order valence-electron chi connectivity index (χ4n) is 2.61. The summed E-state index contributed by atoms with van der Waals surface area (Å²) in [5.74, 6) is -3.92. The molecule has 22 heavy (non-hydrogen) atoms. The Labute approximate surface area is 124 Å². The Hall–Kier alpha value is -1.41. The van der Waals surface area contributed by atoms with Gasteiger partial charge in [0.2, 0.25) is 12.3 Å². The van der Waals surface area contributed by atoms with Gasteiger partial charge in [-0.3, -0.25) is 4.79 Å². The summed E-state index contributed by atoms with van der Waals surface area (Å²) < 4.78 is 61.9. The fraction of sp³-hybridized carbons (Fsp3) is 0.846. The lowest BCUT2D eigenvalue weighted by Gasteiger charge is -2.29. The van der Waals surface area contributed by atoms with Crippen LogP contribution in [0.2, 0.25) is 0 Å². The van der Waals surface area contributed by atoms with Crippen molar-refractivity contribution in [3.8, 4) is 0 Å². The van der Waals surface area contributed by atoms with E-state index in [1.165, 1.54) is 0 Å². The monoisotopic (exact) mass is 331 g/mol. The molecule has 1 aliphatic rings. The predicted octanol–water partition coefficient (Wildman–Crippen LogP) is 2.97. The molecule has 128 valence electrons. The van der Waals surface area contributed by atoms with Crippen LogP contribution in [0.5, 0.6) is 0 Å². The average Bonchev–Trinajstić information content (AvgIpc) is 2.36. The highest BCUT2D eigenvalue weighted by atomic mass is 19.4. The second kappa shape index (κ2) is 7.73. The number of carbonyl (C=O) groups excluding carboxylic acids is 1. The summed E-state index contributed by atoms with van der Waals surface area (Å²) in [4.78, 5) is 22.4. The van der Waals surface area contributed by atoms with Crippen molar-refractivity contribution in [3.63, 3.8) is 0 Å².